The van der Waals surface area contributed by atoms with E-state index in [0.29, 0.717) is 11.1 Å². The first-order valence-electron chi connectivity index (χ1n) is 5.12. The molecule has 2 aliphatic carbocycles. The highest BCUT2D eigenvalue weighted by atomic mass is 15.0. The van der Waals surface area contributed by atoms with E-state index in [9.17, 15) is 0 Å². The van der Waals surface area contributed by atoms with Crippen molar-refractivity contribution in [2.45, 2.75) is 49.6 Å². The van der Waals surface area contributed by atoms with Crippen LogP contribution in [0.1, 0.15) is 38.5 Å². The molecule has 70 valence electrons. The fourth-order valence-corrected chi connectivity index (χ4v) is 3.17. The van der Waals surface area contributed by atoms with Crippen molar-refractivity contribution in [1.82, 2.24) is 10.6 Å². The van der Waals surface area contributed by atoms with E-state index in [1.165, 1.54) is 38.5 Å². The quantitative estimate of drug-likeness (QED) is 0.649. The minimum absolute atomic E-state index is 0.487. The molecule has 2 saturated carbocycles. The Balaban J connectivity index is 2.16. The lowest BCUT2D eigenvalue weighted by Crippen LogP contribution is -2.50. The third kappa shape index (κ3) is 1.09. The van der Waals surface area contributed by atoms with Gasteiger partial charge in [0.05, 0.1) is 0 Å². The van der Waals surface area contributed by atoms with Crippen LogP contribution < -0.4 is 10.6 Å². The second-order valence-corrected chi connectivity index (χ2v) is 4.59. The minimum Gasteiger partial charge on any atom is -0.314 e. The zero-order valence-electron chi connectivity index (χ0n) is 8.24. The maximum absolute atomic E-state index is 3.53. The molecule has 2 rings (SSSR count). The van der Waals surface area contributed by atoms with E-state index < -0.39 is 0 Å². The Morgan fingerprint density at radius 2 is 1.33 bits per heavy atom. The van der Waals surface area contributed by atoms with Crippen LogP contribution in [0.5, 0.6) is 0 Å². The van der Waals surface area contributed by atoms with Crippen LogP contribution in [0.15, 0.2) is 0 Å². The molecule has 0 aliphatic heterocycles. The molecule has 2 unspecified atom stereocenters. The highest BCUT2D eigenvalue weighted by molar-refractivity contribution is 5.10. The van der Waals surface area contributed by atoms with Crippen LogP contribution in [-0.4, -0.2) is 25.2 Å². The fraction of sp³-hybridized carbons (Fsp3) is 1.00. The van der Waals surface area contributed by atoms with Crippen molar-refractivity contribution in [2.75, 3.05) is 14.1 Å². The van der Waals surface area contributed by atoms with Crippen molar-refractivity contribution in [2.24, 2.45) is 0 Å². The fourth-order valence-electron chi connectivity index (χ4n) is 3.17. The molecular formula is C10H20N2. The highest BCUT2D eigenvalue weighted by Gasteiger charge is 2.49. The average Bonchev–Trinajstić information content (AvgIpc) is 2.41. The zero-order chi connectivity index (χ0) is 8.66. The predicted octanol–water partition coefficient (Wildman–Crippen LogP) is 1.27. The summed E-state index contributed by atoms with van der Waals surface area (Å²) >= 11 is 0. The van der Waals surface area contributed by atoms with Crippen LogP contribution in [0.4, 0.5) is 0 Å². The third-order valence-electron chi connectivity index (χ3n) is 4.13. The van der Waals surface area contributed by atoms with E-state index in [1.54, 1.807) is 0 Å². The van der Waals surface area contributed by atoms with Gasteiger partial charge in [-0.3, -0.25) is 0 Å². The Morgan fingerprint density at radius 3 is 1.75 bits per heavy atom. The lowest BCUT2D eigenvalue weighted by Gasteiger charge is -2.39. The summed E-state index contributed by atoms with van der Waals surface area (Å²) in [5.41, 5.74) is 0.975. The van der Waals surface area contributed by atoms with Crippen molar-refractivity contribution >= 4 is 0 Å². The molecule has 0 aromatic rings. The van der Waals surface area contributed by atoms with Gasteiger partial charge in [0.15, 0.2) is 0 Å². The van der Waals surface area contributed by atoms with Crippen LogP contribution >= 0.6 is 0 Å². The molecule has 2 N–H and O–H groups in total. The van der Waals surface area contributed by atoms with Gasteiger partial charge in [0.1, 0.15) is 0 Å². The van der Waals surface area contributed by atoms with Gasteiger partial charge in [-0.25, -0.2) is 0 Å². The lowest BCUT2D eigenvalue weighted by molar-refractivity contribution is 0.213. The monoisotopic (exact) mass is 168 g/mol. The second-order valence-electron chi connectivity index (χ2n) is 4.59. The molecule has 0 aromatic carbocycles. The van der Waals surface area contributed by atoms with Crippen molar-refractivity contribution in [1.29, 1.82) is 0 Å². The molecule has 2 aliphatic rings. The molecule has 0 saturated heterocycles. The van der Waals surface area contributed by atoms with Gasteiger partial charge in [-0.1, -0.05) is 0 Å². The Bertz CT molecular complexity index is 163. The number of hydrogen-bond acceptors (Lipinski definition) is 2. The normalized spacial score (nSPS) is 46.5. The Kier molecular flexibility index (Phi) is 1.92. The maximum Gasteiger partial charge on any atom is 0.0196 e. The van der Waals surface area contributed by atoms with Gasteiger partial charge in [-0.15, -0.1) is 0 Å². The lowest BCUT2D eigenvalue weighted by atomic mass is 9.79. The maximum atomic E-state index is 3.53. The number of rotatable bonds is 2. The molecule has 12 heavy (non-hydrogen) atoms. The molecular weight excluding hydrogens is 148 g/mol. The summed E-state index contributed by atoms with van der Waals surface area (Å²) in [6.07, 6.45) is 8.23. The third-order valence-corrected chi connectivity index (χ3v) is 4.13. The predicted molar refractivity (Wildman–Crippen MR) is 51.3 cm³/mol. The van der Waals surface area contributed by atoms with Crippen molar-refractivity contribution in [3.8, 4) is 0 Å². The van der Waals surface area contributed by atoms with Crippen molar-refractivity contribution in [3.63, 3.8) is 0 Å². The summed E-state index contributed by atoms with van der Waals surface area (Å²) < 4.78 is 0. The summed E-state index contributed by atoms with van der Waals surface area (Å²) in [6.45, 7) is 0. The average molecular weight is 168 g/mol. The van der Waals surface area contributed by atoms with Crippen LogP contribution in [0.25, 0.3) is 0 Å². The van der Waals surface area contributed by atoms with E-state index in [4.69, 9.17) is 0 Å². The van der Waals surface area contributed by atoms with Crippen LogP contribution in [0.2, 0.25) is 0 Å². The number of nitrogens with one attached hydrogen (secondary N) is 2. The van der Waals surface area contributed by atoms with E-state index in [0.717, 1.165) is 0 Å². The van der Waals surface area contributed by atoms with Crippen molar-refractivity contribution < 1.29 is 0 Å². The molecule has 0 spiro atoms. The van der Waals surface area contributed by atoms with Gasteiger partial charge >= 0.3 is 0 Å². The smallest absolute Gasteiger partial charge is 0.0196 e. The van der Waals surface area contributed by atoms with E-state index in [1.807, 2.05) is 0 Å². The highest BCUT2D eigenvalue weighted by Crippen LogP contribution is 2.47. The first-order chi connectivity index (χ1) is 5.74. The molecule has 0 heterocycles. The van der Waals surface area contributed by atoms with Crippen LogP contribution in [0, 0.1) is 0 Å². The van der Waals surface area contributed by atoms with Gasteiger partial charge < -0.3 is 10.6 Å². The van der Waals surface area contributed by atoms with Gasteiger partial charge in [-0.2, -0.15) is 0 Å². The molecule has 2 nitrogen and oxygen atoms in total. The summed E-state index contributed by atoms with van der Waals surface area (Å²) in [5, 5.41) is 7.06. The Morgan fingerprint density at radius 1 is 0.833 bits per heavy atom. The topological polar surface area (TPSA) is 24.1 Å². The summed E-state index contributed by atoms with van der Waals surface area (Å²) in [7, 11) is 4.24. The minimum atomic E-state index is 0.487. The summed E-state index contributed by atoms with van der Waals surface area (Å²) in [5.74, 6) is 0. The second kappa shape index (κ2) is 2.71. The number of fused-ring (bicyclic) bond motifs is 2. The molecule has 0 radical (unpaired) electrons. The zero-order valence-corrected chi connectivity index (χ0v) is 8.24. The van der Waals surface area contributed by atoms with E-state index >= 15 is 0 Å². The Labute approximate surface area is 75.1 Å². The SMILES string of the molecule is CNC12CCCC(NC)(CC1)C2. The van der Waals surface area contributed by atoms with Gasteiger partial charge in [0.25, 0.3) is 0 Å². The van der Waals surface area contributed by atoms with Crippen LogP contribution in [-0.2, 0) is 0 Å². The first-order valence-corrected chi connectivity index (χ1v) is 5.12. The summed E-state index contributed by atoms with van der Waals surface area (Å²) in [6, 6.07) is 0. The largest absolute Gasteiger partial charge is 0.314 e. The molecule has 0 amide bonds. The number of hydrogen-bond donors (Lipinski definition) is 2. The molecule has 0 aromatic heterocycles. The van der Waals surface area contributed by atoms with Gasteiger partial charge in [-0.05, 0) is 52.6 Å². The van der Waals surface area contributed by atoms with E-state index in [2.05, 4.69) is 24.7 Å². The van der Waals surface area contributed by atoms with E-state index in [-0.39, 0.29) is 0 Å². The Hall–Kier alpha value is -0.0800. The standard InChI is InChI=1S/C10H20N2/c1-11-9-4-3-5-10(8-9,12-2)7-6-9/h11-12H,3-8H2,1-2H3. The summed E-state index contributed by atoms with van der Waals surface area (Å²) in [4.78, 5) is 0. The van der Waals surface area contributed by atoms with Crippen molar-refractivity contribution in [3.05, 3.63) is 0 Å². The molecule has 2 bridgehead atoms. The first kappa shape index (κ1) is 8.52. The molecule has 2 atom stereocenters. The van der Waals surface area contributed by atoms with Gasteiger partial charge in [0.2, 0.25) is 0 Å². The van der Waals surface area contributed by atoms with Crippen LogP contribution in [0.3, 0.4) is 0 Å². The van der Waals surface area contributed by atoms with Gasteiger partial charge in [0, 0.05) is 11.1 Å². The molecule has 2 fully saturated rings. The molecule has 2 heteroatoms.